The summed E-state index contributed by atoms with van der Waals surface area (Å²) in [4.78, 5) is 4.03. The summed E-state index contributed by atoms with van der Waals surface area (Å²) in [7, 11) is -3.28. The number of aryl methyl sites for hydroxylation is 1. The van der Waals surface area contributed by atoms with Gasteiger partial charge in [-0.3, -0.25) is 4.98 Å². The second-order valence-corrected chi connectivity index (χ2v) is 8.12. The molecule has 3 rings (SSSR count). The van der Waals surface area contributed by atoms with Crippen LogP contribution >= 0.6 is 0 Å². The molecule has 2 heterocycles. The molecule has 1 fully saturated rings. The minimum absolute atomic E-state index is 0.0413. The van der Waals surface area contributed by atoms with Crippen molar-refractivity contribution in [2.45, 2.75) is 31.6 Å². The maximum atomic E-state index is 12.6. The van der Waals surface area contributed by atoms with Gasteiger partial charge in [-0.15, -0.1) is 0 Å². The average molecular weight is 346 g/mol. The van der Waals surface area contributed by atoms with Crippen LogP contribution in [0.1, 0.15) is 24.0 Å². The van der Waals surface area contributed by atoms with Gasteiger partial charge in [0.15, 0.2) is 0 Å². The van der Waals surface area contributed by atoms with Crippen LogP contribution in [0.4, 0.5) is 0 Å². The van der Waals surface area contributed by atoms with Crippen LogP contribution in [-0.4, -0.2) is 36.9 Å². The summed E-state index contributed by atoms with van der Waals surface area (Å²) < 4.78 is 32.7. The van der Waals surface area contributed by atoms with Gasteiger partial charge in [0, 0.05) is 19.3 Å². The van der Waals surface area contributed by atoms with Crippen LogP contribution < -0.4 is 4.74 Å². The molecule has 1 aromatic carbocycles. The van der Waals surface area contributed by atoms with Gasteiger partial charge in [0.05, 0.1) is 11.9 Å². The van der Waals surface area contributed by atoms with E-state index in [0.717, 1.165) is 16.9 Å². The number of aromatic nitrogens is 1. The molecular weight excluding hydrogens is 324 g/mol. The van der Waals surface area contributed by atoms with Gasteiger partial charge in [0.25, 0.3) is 0 Å². The molecule has 1 aromatic heterocycles. The first-order valence-corrected chi connectivity index (χ1v) is 9.74. The molecule has 0 radical (unpaired) electrons. The molecule has 0 amide bonds. The van der Waals surface area contributed by atoms with Crippen molar-refractivity contribution in [2.24, 2.45) is 0 Å². The predicted octanol–water partition coefficient (Wildman–Crippen LogP) is 2.76. The standard InChI is InChI=1S/C18H22N2O3S/c1-15-4-2-5-16(12-15)14-24(21,22)20-10-7-17(8-11-20)23-18-6-3-9-19-13-18/h2-6,9,12-13,17H,7-8,10-11,14H2,1H3. The molecule has 5 nitrogen and oxygen atoms in total. The number of rotatable bonds is 5. The van der Waals surface area contributed by atoms with Gasteiger partial charge in [-0.2, -0.15) is 0 Å². The third-order valence-electron chi connectivity index (χ3n) is 4.16. The Morgan fingerprint density at radius 3 is 2.67 bits per heavy atom. The Kier molecular flexibility index (Phi) is 5.16. The average Bonchev–Trinajstić information content (AvgIpc) is 2.56. The molecule has 0 saturated carbocycles. The van der Waals surface area contributed by atoms with Crippen molar-refractivity contribution < 1.29 is 13.2 Å². The number of nitrogens with zero attached hydrogens (tertiary/aromatic N) is 2. The van der Waals surface area contributed by atoms with Crippen molar-refractivity contribution in [1.29, 1.82) is 0 Å². The first-order valence-electron chi connectivity index (χ1n) is 8.13. The summed E-state index contributed by atoms with van der Waals surface area (Å²) in [6.07, 6.45) is 4.82. The summed E-state index contributed by atoms with van der Waals surface area (Å²) in [5, 5.41) is 0. The topological polar surface area (TPSA) is 59.5 Å². The van der Waals surface area contributed by atoms with Crippen LogP contribution in [0.15, 0.2) is 48.8 Å². The second-order valence-electron chi connectivity index (χ2n) is 6.15. The quantitative estimate of drug-likeness (QED) is 0.835. The number of hydrogen-bond acceptors (Lipinski definition) is 4. The zero-order valence-corrected chi connectivity index (χ0v) is 14.6. The Morgan fingerprint density at radius 1 is 1.21 bits per heavy atom. The van der Waals surface area contributed by atoms with Crippen molar-refractivity contribution in [2.75, 3.05) is 13.1 Å². The maximum absolute atomic E-state index is 12.6. The molecule has 0 bridgehead atoms. The Bertz CT molecular complexity index is 770. The summed E-state index contributed by atoms with van der Waals surface area (Å²) in [5.41, 5.74) is 1.91. The highest BCUT2D eigenvalue weighted by Crippen LogP contribution is 2.21. The number of benzene rings is 1. The molecule has 1 aliphatic heterocycles. The maximum Gasteiger partial charge on any atom is 0.218 e. The van der Waals surface area contributed by atoms with Gasteiger partial charge < -0.3 is 4.74 Å². The highest BCUT2D eigenvalue weighted by atomic mass is 32.2. The Hall–Kier alpha value is -1.92. The van der Waals surface area contributed by atoms with E-state index < -0.39 is 10.0 Å². The number of ether oxygens (including phenoxy) is 1. The van der Waals surface area contributed by atoms with E-state index in [1.54, 1.807) is 16.7 Å². The van der Waals surface area contributed by atoms with E-state index in [1.807, 2.05) is 43.3 Å². The number of sulfonamides is 1. The summed E-state index contributed by atoms with van der Waals surface area (Å²) in [6.45, 7) is 2.97. The van der Waals surface area contributed by atoms with Crippen LogP contribution in [0, 0.1) is 6.92 Å². The van der Waals surface area contributed by atoms with Gasteiger partial charge in [0.1, 0.15) is 11.9 Å². The lowest BCUT2D eigenvalue weighted by Crippen LogP contribution is -2.42. The smallest absolute Gasteiger partial charge is 0.218 e. The predicted molar refractivity (Wildman–Crippen MR) is 93.3 cm³/mol. The number of hydrogen-bond donors (Lipinski definition) is 0. The normalized spacial score (nSPS) is 16.9. The third-order valence-corrected chi connectivity index (χ3v) is 6.01. The molecule has 6 heteroatoms. The molecule has 1 saturated heterocycles. The van der Waals surface area contributed by atoms with Crippen LogP contribution in [0.3, 0.4) is 0 Å². The third kappa shape index (κ3) is 4.33. The second kappa shape index (κ2) is 7.32. The Morgan fingerprint density at radius 2 is 2.00 bits per heavy atom. The van der Waals surface area contributed by atoms with E-state index in [4.69, 9.17) is 4.74 Å². The van der Waals surface area contributed by atoms with Crippen molar-refractivity contribution in [3.8, 4) is 5.75 Å². The van der Waals surface area contributed by atoms with Gasteiger partial charge in [-0.1, -0.05) is 29.8 Å². The molecule has 128 valence electrons. The lowest BCUT2D eigenvalue weighted by molar-refractivity contribution is 0.134. The molecule has 1 aliphatic rings. The highest BCUT2D eigenvalue weighted by Gasteiger charge is 2.29. The number of pyridine rings is 1. The van der Waals surface area contributed by atoms with E-state index in [2.05, 4.69) is 4.98 Å². The lowest BCUT2D eigenvalue weighted by Gasteiger charge is -2.31. The van der Waals surface area contributed by atoms with Gasteiger partial charge in [-0.25, -0.2) is 12.7 Å². The molecule has 0 unspecified atom stereocenters. The minimum Gasteiger partial charge on any atom is -0.489 e. The summed E-state index contributed by atoms with van der Waals surface area (Å²) in [5.74, 6) is 0.793. The van der Waals surface area contributed by atoms with E-state index in [0.29, 0.717) is 25.9 Å². The van der Waals surface area contributed by atoms with E-state index in [9.17, 15) is 8.42 Å². The Balaban J connectivity index is 1.57. The fourth-order valence-corrected chi connectivity index (χ4v) is 4.49. The van der Waals surface area contributed by atoms with Gasteiger partial charge in [-0.05, 0) is 37.5 Å². The van der Waals surface area contributed by atoms with E-state index in [-0.39, 0.29) is 11.9 Å². The first-order chi connectivity index (χ1) is 11.5. The van der Waals surface area contributed by atoms with Crippen molar-refractivity contribution in [3.63, 3.8) is 0 Å². The van der Waals surface area contributed by atoms with E-state index in [1.165, 1.54) is 0 Å². The summed E-state index contributed by atoms with van der Waals surface area (Å²) in [6, 6.07) is 11.4. The molecule has 0 aliphatic carbocycles. The molecule has 24 heavy (non-hydrogen) atoms. The lowest BCUT2D eigenvalue weighted by atomic mass is 10.1. The van der Waals surface area contributed by atoms with Gasteiger partial charge >= 0.3 is 0 Å². The van der Waals surface area contributed by atoms with Crippen LogP contribution in [0.2, 0.25) is 0 Å². The first kappa shape index (κ1) is 16.9. The molecule has 0 N–H and O–H groups in total. The summed E-state index contributed by atoms with van der Waals surface area (Å²) >= 11 is 0. The fourth-order valence-electron chi connectivity index (χ4n) is 2.94. The fraction of sp³-hybridized carbons (Fsp3) is 0.389. The molecule has 0 spiro atoms. The zero-order valence-electron chi connectivity index (χ0n) is 13.8. The monoisotopic (exact) mass is 346 g/mol. The highest BCUT2D eigenvalue weighted by molar-refractivity contribution is 7.88. The molecular formula is C18H22N2O3S. The minimum atomic E-state index is -3.28. The van der Waals surface area contributed by atoms with Crippen LogP contribution in [0.25, 0.3) is 0 Å². The van der Waals surface area contributed by atoms with Crippen LogP contribution in [0.5, 0.6) is 5.75 Å². The van der Waals surface area contributed by atoms with Crippen LogP contribution in [-0.2, 0) is 15.8 Å². The SMILES string of the molecule is Cc1cccc(CS(=O)(=O)N2CCC(Oc3cccnc3)CC2)c1. The van der Waals surface area contributed by atoms with Crippen molar-refractivity contribution in [1.82, 2.24) is 9.29 Å². The van der Waals surface area contributed by atoms with Crippen molar-refractivity contribution in [3.05, 3.63) is 59.9 Å². The molecule has 0 atom stereocenters. The largest absolute Gasteiger partial charge is 0.489 e. The van der Waals surface area contributed by atoms with E-state index >= 15 is 0 Å². The number of piperidine rings is 1. The van der Waals surface area contributed by atoms with Gasteiger partial charge in [0.2, 0.25) is 10.0 Å². The van der Waals surface area contributed by atoms with Crippen molar-refractivity contribution >= 4 is 10.0 Å². The zero-order chi connectivity index (χ0) is 17.0. The Labute approximate surface area is 143 Å². The molecule has 2 aromatic rings.